The number of fused-ring (bicyclic) bond motifs is 6. The standard InChI is InChI=1S/C46H29N3S/c1-3-14-30(15-4-1)31-16-11-17-32(28-31)40-29-41(38-24-13-23-37-35-21-8-10-27-43(35)50-45(37)38)48-46(47-40)39-25-12-22-36-34-20-7-9-26-42(34)49(44(36)39)33-18-5-2-6-19-33/h1-29H/i2D,5D,6D,7D,9D,12D,18D,19D,20D,22D,25D,26D. The molecule has 3 heterocycles. The molecule has 0 fully saturated rings. The molecule has 3 nitrogen and oxygen atoms in total. The highest BCUT2D eigenvalue weighted by Gasteiger charge is 2.20. The average molecular weight is 668 g/mol. The molecule has 0 aliphatic heterocycles. The molecule has 0 saturated heterocycles. The van der Waals surface area contributed by atoms with Crippen LogP contribution in [0.1, 0.15) is 16.4 Å². The SMILES string of the molecule is [2H]c1c([2H])c([2H])c(-n2c3c([2H])c([2H])c([2H])c([2H])c3c3c([2H])c([2H])c([2H])c(-c4nc(-c5cccc(-c6ccccc6)c5)cc(-c5cccc6c5sc5ccccc56)n4)c32)c([2H])c1[2H]. The van der Waals surface area contributed by atoms with Crippen molar-refractivity contribution in [3.63, 3.8) is 0 Å². The van der Waals surface area contributed by atoms with Crippen molar-refractivity contribution in [2.45, 2.75) is 0 Å². The lowest BCUT2D eigenvalue weighted by atomic mass is 10.00. The van der Waals surface area contributed by atoms with Crippen LogP contribution in [-0.4, -0.2) is 14.5 Å². The molecule has 0 radical (unpaired) electrons. The van der Waals surface area contributed by atoms with Crippen molar-refractivity contribution in [3.05, 3.63) is 176 Å². The van der Waals surface area contributed by atoms with Gasteiger partial charge in [-0.25, -0.2) is 9.97 Å². The summed E-state index contributed by atoms with van der Waals surface area (Å²) >= 11 is 1.59. The van der Waals surface area contributed by atoms with Gasteiger partial charge in [-0.1, -0.05) is 133 Å². The summed E-state index contributed by atoms with van der Waals surface area (Å²) in [6, 6.07) is 25.6. The zero-order chi connectivity index (χ0) is 43.5. The Balaban J connectivity index is 1.40. The fourth-order valence-electron chi connectivity index (χ4n) is 6.59. The van der Waals surface area contributed by atoms with Gasteiger partial charge in [0.1, 0.15) is 0 Å². The van der Waals surface area contributed by atoms with Crippen LogP contribution in [0.15, 0.2) is 176 Å². The minimum absolute atomic E-state index is 0.115. The maximum atomic E-state index is 9.54. The van der Waals surface area contributed by atoms with Crippen LogP contribution in [-0.2, 0) is 0 Å². The molecule has 0 bridgehead atoms. The zero-order valence-corrected chi connectivity index (χ0v) is 26.9. The molecule has 10 rings (SSSR count). The summed E-state index contributed by atoms with van der Waals surface area (Å²) in [6.07, 6.45) is 0. The first-order valence-corrected chi connectivity index (χ1v) is 16.7. The van der Waals surface area contributed by atoms with E-state index >= 15 is 0 Å². The van der Waals surface area contributed by atoms with E-state index < -0.39 is 78.2 Å². The quantitative estimate of drug-likeness (QED) is 0.183. The first kappa shape index (κ1) is 19.0. The molecule has 3 aromatic heterocycles. The van der Waals surface area contributed by atoms with Crippen LogP contribution in [0.25, 0.3) is 92.7 Å². The number of rotatable bonds is 5. The number of nitrogens with zero attached hydrogens (tertiary/aromatic N) is 3. The van der Waals surface area contributed by atoms with Gasteiger partial charge in [-0.15, -0.1) is 11.3 Å². The van der Waals surface area contributed by atoms with Gasteiger partial charge in [0.15, 0.2) is 5.82 Å². The van der Waals surface area contributed by atoms with E-state index in [-0.39, 0.29) is 33.2 Å². The minimum atomic E-state index is -0.706. The Labute approximate surface area is 310 Å². The topological polar surface area (TPSA) is 30.7 Å². The van der Waals surface area contributed by atoms with Crippen LogP contribution in [0.4, 0.5) is 0 Å². The van der Waals surface area contributed by atoms with Crippen LogP contribution in [0, 0.1) is 0 Å². The Morgan fingerprint density at radius 3 is 2.14 bits per heavy atom. The summed E-state index contributed by atoms with van der Waals surface area (Å²) in [6.45, 7) is 0. The van der Waals surface area contributed by atoms with E-state index in [0.29, 0.717) is 17.0 Å². The van der Waals surface area contributed by atoms with Gasteiger partial charge in [0, 0.05) is 53.3 Å². The van der Waals surface area contributed by atoms with Crippen molar-refractivity contribution in [2.75, 3.05) is 0 Å². The van der Waals surface area contributed by atoms with Crippen LogP contribution in [0.5, 0.6) is 0 Å². The smallest absolute Gasteiger partial charge is 0.162 e. The summed E-state index contributed by atoms with van der Waals surface area (Å²) in [5.41, 5.74) is 3.01. The average Bonchev–Trinajstić information content (AvgIpc) is 3.85. The predicted molar refractivity (Wildman–Crippen MR) is 211 cm³/mol. The van der Waals surface area contributed by atoms with Gasteiger partial charge < -0.3 is 4.57 Å². The van der Waals surface area contributed by atoms with E-state index in [9.17, 15) is 2.74 Å². The highest BCUT2D eigenvalue weighted by Crippen LogP contribution is 2.42. The normalized spacial score (nSPS) is 15.0. The monoisotopic (exact) mass is 667 g/mol. The molecular weight excluding hydrogens is 627 g/mol. The van der Waals surface area contributed by atoms with Gasteiger partial charge in [0.25, 0.3) is 0 Å². The number of hydrogen-bond donors (Lipinski definition) is 0. The van der Waals surface area contributed by atoms with Gasteiger partial charge in [-0.3, -0.25) is 0 Å². The Bertz CT molecular complexity index is 3540. The summed E-state index contributed by atoms with van der Waals surface area (Å²) < 4.78 is 110. The van der Waals surface area contributed by atoms with E-state index in [1.807, 2.05) is 97.1 Å². The van der Waals surface area contributed by atoms with Gasteiger partial charge >= 0.3 is 0 Å². The highest BCUT2D eigenvalue weighted by molar-refractivity contribution is 7.26. The Morgan fingerprint density at radius 2 is 1.22 bits per heavy atom. The lowest BCUT2D eigenvalue weighted by Crippen LogP contribution is -1.99. The summed E-state index contributed by atoms with van der Waals surface area (Å²) in [5.74, 6) is -0.115. The lowest BCUT2D eigenvalue weighted by molar-refractivity contribution is 1.16. The molecule has 7 aromatic carbocycles. The Kier molecular flexibility index (Phi) is 4.43. The molecule has 4 heteroatoms. The van der Waals surface area contributed by atoms with Crippen molar-refractivity contribution < 1.29 is 16.4 Å². The van der Waals surface area contributed by atoms with Gasteiger partial charge in [0.05, 0.1) is 38.9 Å². The van der Waals surface area contributed by atoms with Gasteiger partial charge in [-0.2, -0.15) is 0 Å². The molecule has 0 atom stereocenters. The third-order valence-corrected chi connectivity index (χ3v) is 10.0. The van der Waals surface area contributed by atoms with Crippen molar-refractivity contribution in [1.29, 1.82) is 0 Å². The van der Waals surface area contributed by atoms with E-state index in [1.54, 1.807) is 11.3 Å². The maximum absolute atomic E-state index is 9.54. The molecule has 0 spiro atoms. The third-order valence-electron chi connectivity index (χ3n) is 8.82. The molecule has 0 saturated carbocycles. The fraction of sp³-hybridized carbons (Fsp3) is 0. The van der Waals surface area contributed by atoms with Crippen LogP contribution in [0.2, 0.25) is 0 Å². The summed E-state index contributed by atoms with van der Waals surface area (Å²) in [5, 5.41) is 1.64. The molecule has 10 aromatic rings. The van der Waals surface area contributed by atoms with E-state index in [0.717, 1.165) is 41.4 Å². The Hall–Kier alpha value is -6.36. The molecule has 0 aliphatic carbocycles. The van der Waals surface area contributed by atoms with Gasteiger partial charge in [-0.05, 0) is 53.5 Å². The first-order chi connectivity index (χ1) is 29.8. The lowest BCUT2D eigenvalue weighted by Gasteiger charge is -2.14. The second-order valence-electron chi connectivity index (χ2n) is 11.7. The maximum Gasteiger partial charge on any atom is 0.162 e. The number of benzene rings is 7. The number of para-hydroxylation sites is 3. The molecule has 0 aliphatic rings. The fourth-order valence-corrected chi connectivity index (χ4v) is 7.82. The molecule has 50 heavy (non-hydrogen) atoms. The number of aromatic nitrogens is 3. The van der Waals surface area contributed by atoms with Crippen molar-refractivity contribution in [3.8, 4) is 50.7 Å². The molecule has 0 amide bonds. The second kappa shape index (κ2) is 11.7. The largest absolute Gasteiger partial charge is 0.309 e. The first-order valence-electron chi connectivity index (χ1n) is 21.9. The Morgan fingerprint density at radius 1 is 0.500 bits per heavy atom. The molecule has 0 unspecified atom stereocenters. The van der Waals surface area contributed by atoms with E-state index in [4.69, 9.17) is 23.7 Å². The molecular formula is C46H29N3S. The summed E-state index contributed by atoms with van der Waals surface area (Å²) in [4.78, 5) is 10.2. The summed E-state index contributed by atoms with van der Waals surface area (Å²) in [7, 11) is 0. The highest BCUT2D eigenvalue weighted by atomic mass is 32.1. The predicted octanol–water partition coefficient (Wildman–Crippen LogP) is 12.6. The zero-order valence-electron chi connectivity index (χ0n) is 38.1. The second-order valence-corrected chi connectivity index (χ2v) is 12.7. The molecule has 0 N–H and O–H groups in total. The number of thiophene rings is 1. The van der Waals surface area contributed by atoms with E-state index in [1.165, 1.54) is 0 Å². The van der Waals surface area contributed by atoms with Crippen molar-refractivity contribution in [2.24, 2.45) is 0 Å². The van der Waals surface area contributed by atoms with Crippen LogP contribution < -0.4 is 0 Å². The van der Waals surface area contributed by atoms with Crippen molar-refractivity contribution in [1.82, 2.24) is 14.5 Å². The molecule has 234 valence electrons. The van der Waals surface area contributed by atoms with Crippen LogP contribution in [0.3, 0.4) is 0 Å². The van der Waals surface area contributed by atoms with Gasteiger partial charge in [0.2, 0.25) is 0 Å². The van der Waals surface area contributed by atoms with Crippen LogP contribution >= 0.6 is 11.3 Å². The van der Waals surface area contributed by atoms with E-state index in [2.05, 4.69) is 6.07 Å². The van der Waals surface area contributed by atoms with Crippen molar-refractivity contribution >= 4 is 53.3 Å². The third kappa shape index (κ3) is 4.65. The number of hydrogen-bond acceptors (Lipinski definition) is 3. The minimum Gasteiger partial charge on any atom is -0.309 e.